The number of thiophene rings is 1. The molecule has 0 amide bonds. The number of hydrogen-bond acceptors (Lipinski definition) is 3. The van der Waals surface area contributed by atoms with Crippen molar-refractivity contribution in [2.24, 2.45) is 0 Å². The normalized spacial score (nSPS) is 11.1. The van der Waals surface area contributed by atoms with Gasteiger partial charge >= 0.3 is 0 Å². The van der Waals surface area contributed by atoms with Gasteiger partial charge in [0.1, 0.15) is 0 Å². The van der Waals surface area contributed by atoms with Crippen molar-refractivity contribution in [2.45, 2.75) is 0 Å². The van der Waals surface area contributed by atoms with E-state index in [0.717, 1.165) is 28.1 Å². The van der Waals surface area contributed by atoms with E-state index in [9.17, 15) is 0 Å². The first-order valence-electron chi connectivity index (χ1n) is 17.2. The monoisotopic (exact) mass is 668 g/mol. The van der Waals surface area contributed by atoms with E-state index in [1.165, 1.54) is 53.9 Å². The third-order valence-corrected chi connectivity index (χ3v) is 10.6. The fourth-order valence-electron chi connectivity index (χ4n) is 6.95. The molecular weight excluding hydrogens is 637 g/mol. The van der Waals surface area contributed by atoms with Gasteiger partial charge in [-0.25, -0.2) is 9.97 Å². The minimum atomic E-state index is 0.705. The van der Waals surface area contributed by atoms with Gasteiger partial charge in [-0.2, -0.15) is 0 Å². The Kier molecular flexibility index (Phi) is 8.09. The van der Waals surface area contributed by atoms with Crippen LogP contribution < -0.4 is 0 Å². The lowest BCUT2D eigenvalue weighted by atomic mass is 9.90. The molecule has 0 fully saturated rings. The topological polar surface area (TPSA) is 25.8 Å². The van der Waals surface area contributed by atoms with Crippen molar-refractivity contribution in [1.82, 2.24) is 9.97 Å². The molecule has 9 aromatic rings. The highest BCUT2D eigenvalue weighted by Gasteiger charge is 2.23. The van der Waals surface area contributed by atoms with Crippen molar-refractivity contribution in [3.8, 4) is 77.0 Å². The van der Waals surface area contributed by atoms with Crippen molar-refractivity contribution in [3.63, 3.8) is 0 Å². The van der Waals surface area contributed by atoms with Crippen molar-refractivity contribution in [3.05, 3.63) is 194 Å². The Balaban J connectivity index is 1.34. The van der Waals surface area contributed by atoms with Crippen LogP contribution in [0.2, 0.25) is 0 Å². The van der Waals surface area contributed by atoms with Gasteiger partial charge < -0.3 is 0 Å². The van der Waals surface area contributed by atoms with Crippen LogP contribution in [0.1, 0.15) is 0 Å². The molecule has 240 valence electrons. The smallest absolute Gasteiger partial charge is 0.160 e. The van der Waals surface area contributed by atoms with Gasteiger partial charge in [0.05, 0.1) is 11.4 Å². The molecule has 0 saturated heterocycles. The second-order valence-corrected chi connectivity index (χ2v) is 13.5. The van der Waals surface area contributed by atoms with E-state index in [2.05, 4.69) is 170 Å². The Morgan fingerprint density at radius 1 is 0.314 bits per heavy atom. The maximum absolute atomic E-state index is 5.31. The van der Waals surface area contributed by atoms with Crippen LogP contribution in [0.4, 0.5) is 0 Å². The summed E-state index contributed by atoms with van der Waals surface area (Å²) in [5.74, 6) is 0.705. The summed E-state index contributed by atoms with van der Waals surface area (Å²) in [5.41, 5.74) is 12.1. The molecule has 51 heavy (non-hydrogen) atoms. The standard InChI is InChI=1S/C48H32N2S/c1-5-18-33(19-6-1)37-26-13-14-27-39(37)46-40-28-15-16-29-41(40)47(51-46)45-38(34-20-7-2-8-21-34)30-17-31-42(45)44-32-43(35-22-9-3-10-23-35)49-48(50-44)36-24-11-4-12-25-36/h1-32H. The Morgan fingerprint density at radius 3 is 1.41 bits per heavy atom. The molecule has 0 atom stereocenters. The zero-order valence-corrected chi connectivity index (χ0v) is 28.6. The van der Waals surface area contributed by atoms with Crippen LogP contribution >= 0.6 is 11.3 Å². The van der Waals surface area contributed by atoms with Crippen LogP contribution in [-0.2, 0) is 0 Å². The van der Waals surface area contributed by atoms with Crippen LogP contribution in [0, 0.1) is 0 Å². The van der Waals surface area contributed by atoms with Gasteiger partial charge in [-0.05, 0) is 28.3 Å². The Labute approximate surface area is 302 Å². The van der Waals surface area contributed by atoms with E-state index in [1.807, 2.05) is 35.6 Å². The van der Waals surface area contributed by atoms with Crippen molar-refractivity contribution < 1.29 is 0 Å². The van der Waals surface area contributed by atoms with E-state index >= 15 is 0 Å². The van der Waals surface area contributed by atoms with E-state index in [1.54, 1.807) is 0 Å². The second kappa shape index (κ2) is 13.5. The van der Waals surface area contributed by atoms with Gasteiger partial charge in [-0.15, -0.1) is 11.3 Å². The Morgan fingerprint density at radius 2 is 0.765 bits per heavy atom. The summed E-state index contributed by atoms with van der Waals surface area (Å²) in [7, 11) is 0. The molecule has 0 unspecified atom stereocenters. The molecule has 7 aromatic carbocycles. The predicted octanol–water partition coefficient (Wildman–Crippen LogP) is 13.4. The lowest BCUT2D eigenvalue weighted by molar-refractivity contribution is 1.18. The fourth-order valence-corrected chi connectivity index (χ4v) is 8.34. The predicted molar refractivity (Wildman–Crippen MR) is 215 cm³/mol. The molecule has 2 aromatic heterocycles. The summed E-state index contributed by atoms with van der Waals surface area (Å²) in [6.07, 6.45) is 0. The summed E-state index contributed by atoms with van der Waals surface area (Å²) in [5, 5.41) is 2.47. The fraction of sp³-hybridized carbons (Fsp3) is 0. The summed E-state index contributed by atoms with van der Waals surface area (Å²) < 4.78 is 0. The molecular formula is C48H32N2S. The highest BCUT2D eigenvalue weighted by molar-refractivity contribution is 7.21. The minimum absolute atomic E-state index is 0.705. The van der Waals surface area contributed by atoms with Gasteiger partial charge in [0.25, 0.3) is 0 Å². The van der Waals surface area contributed by atoms with E-state index in [4.69, 9.17) is 9.97 Å². The zero-order chi connectivity index (χ0) is 34.0. The first kappa shape index (κ1) is 30.6. The highest BCUT2D eigenvalue weighted by Crippen LogP contribution is 2.51. The molecule has 3 heteroatoms. The molecule has 0 radical (unpaired) electrons. The van der Waals surface area contributed by atoms with Gasteiger partial charge in [0, 0.05) is 48.3 Å². The average Bonchev–Trinajstić information content (AvgIpc) is 3.61. The van der Waals surface area contributed by atoms with Crippen LogP contribution in [0.15, 0.2) is 194 Å². The number of fused-ring (bicyclic) bond motifs is 1. The number of benzene rings is 7. The average molecular weight is 669 g/mol. The summed E-state index contributed by atoms with van der Waals surface area (Å²) in [6.45, 7) is 0. The van der Waals surface area contributed by atoms with Gasteiger partial charge in [0.15, 0.2) is 5.82 Å². The molecule has 0 N–H and O–H groups in total. The zero-order valence-electron chi connectivity index (χ0n) is 27.8. The molecule has 0 aliphatic rings. The van der Waals surface area contributed by atoms with Crippen LogP contribution in [0.25, 0.3) is 87.8 Å². The van der Waals surface area contributed by atoms with Crippen molar-refractivity contribution in [1.29, 1.82) is 0 Å². The molecule has 0 aliphatic carbocycles. The first-order chi connectivity index (χ1) is 25.3. The third kappa shape index (κ3) is 5.84. The molecule has 0 saturated carbocycles. The SMILES string of the molecule is c1ccc(-c2cc(-c3cccc(-c4ccccc4)c3-c3sc(-c4ccccc4-c4ccccc4)c4ccccc34)nc(-c3ccccc3)n2)cc1. The van der Waals surface area contributed by atoms with Gasteiger partial charge in [-0.1, -0.05) is 188 Å². The molecule has 2 heterocycles. The number of aromatic nitrogens is 2. The maximum Gasteiger partial charge on any atom is 0.160 e. The summed E-state index contributed by atoms with van der Waals surface area (Å²) >= 11 is 1.86. The lowest BCUT2D eigenvalue weighted by Crippen LogP contribution is -1.97. The first-order valence-corrected chi connectivity index (χ1v) is 18.0. The maximum atomic E-state index is 5.31. The van der Waals surface area contributed by atoms with Crippen LogP contribution in [0.3, 0.4) is 0 Å². The van der Waals surface area contributed by atoms with Crippen LogP contribution in [-0.4, -0.2) is 9.97 Å². The summed E-state index contributed by atoms with van der Waals surface area (Å²) in [6, 6.07) is 68.5. The quantitative estimate of drug-likeness (QED) is 0.169. The molecule has 0 bridgehead atoms. The molecule has 0 aliphatic heterocycles. The second-order valence-electron chi connectivity index (χ2n) is 12.5. The van der Waals surface area contributed by atoms with E-state index in [-0.39, 0.29) is 0 Å². The Bertz CT molecular complexity index is 2550. The number of rotatable bonds is 7. The number of hydrogen-bond donors (Lipinski definition) is 0. The minimum Gasteiger partial charge on any atom is -0.228 e. The van der Waals surface area contributed by atoms with Gasteiger partial charge in [0.2, 0.25) is 0 Å². The van der Waals surface area contributed by atoms with Gasteiger partial charge in [-0.3, -0.25) is 0 Å². The number of nitrogens with zero attached hydrogens (tertiary/aromatic N) is 2. The van der Waals surface area contributed by atoms with Crippen LogP contribution in [0.5, 0.6) is 0 Å². The molecule has 2 nitrogen and oxygen atoms in total. The third-order valence-electron chi connectivity index (χ3n) is 9.36. The molecule has 0 spiro atoms. The summed E-state index contributed by atoms with van der Waals surface area (Å²) in [4.78, 5) is 12.9. The lowest BCUT2D eigenvalue weighted by Gasteiger charge is -2.16. The van der Waals surface area contributed by atoms with Crippen molar-refractivity contribution in [2.75, 3.05) is 0 Å². The van der Waals surface area contributed by atoms with E-state index < -0.39 is 0 Å². The molecule has 9 rings (SSSR count). The Hall–Kier alpha value is -6.42. The highest BCUT2D eigenvalue weighted by atomic mass is 32.1. The van der Waals surface area contributed by atoms with E-state index in [0.29, 0.717) is 5.82 Å². The van der Waals surface area contributed by atoms with Crippen molar-refractivity contribution >= 4 is 22.1 Å². The largest absolute Gasteiger partial charge is 0.228 e.